The second kappa shape index (κ2) is 10.3. The van der Waals surface area contributed by atoms with Crippen molar-refractivity contribution in [3.63, 3.8) is 0 Å². The Bertz CT molecular complexity index is 1180. The first-order valence-corrected chi connectivity index (χ1v) is 11.3. The zero-order chi connectivity index (χ0) is 22.5. The van der Waals surface area contributed by atoms with Gasteiger partial charge in [0.1, 0.15) is 5.82 Å². The third-order valence-electron chi connectivity index (χ3n) is 4.82. The van der Waals surface area contributed by atoms with Crippen LogP contribution in [0.4, 0.5) is 0 Å². The molecule has 6 nitrogen and oxygen atoms in total. The number of hydrogen-bond acceptors (Lipinski definition) is 5. The molecule has 0 bridgehead atoms. The number of fused-ring (bicyclic) bond motifs is 1. The predicted molar refractivity (Wildman–Crippen MR) is 129 cm³/mol. The molecule has 3 aromatic rings. The largest absolute Gasteiger partial charge is 0.493 e. The van der Waals surface area contributed by atoms with Crippen LogP contribution >= 0.6 is 27.5 Å². The minimum absolute atomic E-state index is 0.0275. The Kier molecular flexibility index (Phi) is 7.73. The van der Waals surface area contributed by atoms with E-state index in [1.807, 2.05) is 32.9 Å². The minimum atomic E-state index is -0.232. The Hall–Kier alpha value is -2.38. The summed E-state index contributed by atoms with van der Waals surface area (Å²) in [5.74, 6) is 1.64. The van der Waals surface area contributed by atoms with E-state index in [2.05, 4.69) is 26.0 Å². The smallest absolute Gasteiger partial charge is 0.282 e. The standard InChI is InChI=1S/C23H25BrClN3O3/c1-5-7-21-27-19-9-8-16(24)11-18(19)23(29)28(21)26-13-15-10-17(25)12-20(30-4)22(15)31-14(3)6-2/h8-14H,5-7H2,1-4H3/t14-/m1/s1. The van der Waals surface area contributed by atoms with Crippen LogP contribution < -0.4 is 15.0 Å². The molecule has 0 aliphatic rings. The van der Waals surface area contributed by atoms with Crippen molar-refractivity contribution < 1.29 is 9.47 Å². The monoisotopic (exact) mass is 505 g/mol. The molecule has 0 amide bonds. The SMILES string of the molecule is CCCc1nc2ccc(Br)cc2c(=O)n1N=Cc1cc(Cl)cc(OC)c1O[C@H](C)CC. The zero-order valence-electron chi connectivity index (χ0n) is 18.0. The summed E-state index contributed by atoms with van der Waals surface area (Å²) >= 11 is 9.70. The highest BCUT2D eigenvalue weighted by atomic mass is 79.9. The molecule has 0 radical (unpaired) electrons. The van der Waals surface area contributed by atoms with Gasteiger partial charge in [-0.05, 0) is 44.0 Å². The van der Waals surface area contributed by atoms with Gasteiger partial charge in [-0.3, -0.25) is 4.79 Å². The normalized spacial score (nSPS) is 12.5. The molecule has 0 saturated carbocycles. The van der Waals surface area contributed by atoms with Gasteiger partial charge in [-0.1, -0.05) is 41.4 Å². The summed E-state index contributed by atoms with van der Waals surface area (Å²) in [5, 5.41) is 5.47. The molecule has 8 heteroatoms. The maximum atomic E-state index is 13.2. The van der Waals surface area contributed by atoms with E-state index in [9.17, 15) is 4.79 Å². The Morgan fingerprint density at radius 2 is 2.06 bits per heavy atom. The van der Waals surface area contributed by atoms with E-state index in [1.54, 1.807) is 31.5 Å². The molecule has 1 aromatic heterocycles. The fourth-order valence-corrected chi connectivity index (χ4v) is 3.64. The summed E-state index contributed by atoms with van der Waals surface area (Å²) < 4.78 is 13.7. The van der Waals surface area contributed by atoms with Crippen molar-refractivity contribution in [1.29, 1.82) is 0 Å². The van der Waals surface area contributed by atoms with Gasteiger partial charge in [0, 0.05) is 27.5 Å². The van der Waals surface area contributed by atoms with Crippen LogP contribution in [-0.2, 0) is 6.42 Å². The molecule has 0 fully saturated rings. The second-order valence-electron chi connectivity index (χ2n) is 7.16. The second-order valence-corrected chi connectivity index (χ2v) is 8.52. The van der Waals surface area contributed by atoms with Crippen molar-refractivity contribution in [2.24, 2.45) is 5.10 Å². The van der Waals surface area contributed by atoms with Crippen LogP contribution in [0.3, 0.4) is 0 Å². The zero-order valence-corrected chi connectivity index (χ0v) is 20.3. The number of nitrogens with zero attached hydrogens (tertiary/aromatic N) is 3. The van der Waals surface area contributed by atoms with Crippen LogP contribution in [0.1, 0.15) is 45.0 Å². The highest BCUT2D eigenvalue weighted by molar-refractivity contribution is 9.10. The summed E-state index contributed by atoms with van der Waals surface area (Å²) in [5.41, 5.74) is 1.03. The lowest BCUT2D eigenvalue weighted by atomic mass is 10.2. The molecular weight excluding hydrogens is 482 g/mol. The van der Waals surface area contributed by atoms with E-state index in [0.29, 0.717) is 45.2 Å². The van der Waals surface area contributed by atoms with Gasteiger partial charge in [0.05, 0.1) is 30.3 Å². The van der Waals surface area contributed by atoms with Crippen LogP contribution in [0.2, 0.25) is 5.02 Å². The van der Waals surface area contributed by atoms with Crippen molar-refractivity contribution >= 4 is 44.6 Å². The van der Waals surface area contributed by atoms with Gasteiger partial charge in [-0.25, -0.2) is 4.98 Å². The van der Waals surface area contributed by atoms with Crippen molar-refractivity contribution in [2.75, 3.05) is 7.11 Å². The fourth-order valence-electron chi connectivity index (χ4n) is 3.07. The molecule has 1 atom stereocenters. The van der Waals surface area contributed by atoms with Crippen molar-refractivity contribution in [2.45, 2.75) is 46.1 Å². The maximum absolute atomic E-state index is 13.2. The number of methoxy groups -OCH3 is 1. The molecular formula is C23H25BrClN3O3. The molecule has 0 saturated heterocycles. The van der Waals surface area contributed by atoms with E-state index in [-0.39, 0.29) is 11.7 Å². The van der Waals surface area contributed by atoms with Gasteiger partial charge in [-0.2, -0.15) is 9.78 Å². The minimum Gasteiger partial charge on any atom is -0.493 e. The quantitative estimate of drug-likeness (QED) is 0.360. The lowest BCUT2D eigenvalue weighted by Gasteiger charge is -2.18. The molecule has 0 spiro atoms. The van der Waals surface area contributed by atoms with Crippen LogP contribution in [0.25, 0.3) is 10.9 Å². The number of rotatable bonds is 8. The molecule has 2 aromatic carbocycles. The van der Waals surface area contributed by atoms with Gasteiger partial charge in [0.15, 0.2) is 11.5 Å². The molecule has 0 aliphatic heterocycles. The van der Waals surface area contributed by atoms with Crippen molar-refractivity contribution in [3.05, 3.63) is 61.6 Å². The van der Waals surface area contributed by atoms with Crippen LogP contribution in [-0.4, -0.2) is 29.1 Å². The lowest BCUT2D eigenvalue weighted by Crippen LogP contribution is -2.22. The number of aromatic nitrogens is 2. The van der Waals surface area contributed by atoms with Crippen molar-refractivity contribution in [3.8, 4) is 11.5 Å². The Morgan fingerprint density at radius 3 is 2.74 bits per heavy atom. The van der Waals surface area contributed by atoms with Crippen molar-refractivity contribution in [1.82, 2.24) is 9.66 Å². The van der Waals surface area contributed by atoms with E-state index < -0.39 is 0 Å². The van der Waals surface area contributed by atoms with E-state index in [4.69, 9.17) is 21.1 Å². The van der Waals surface area contributed by atoms with Gasteiger partial charge in [-0.15, -0.1) is 0 Å². The summed E-state index contributed by atoms with van der Waals surface area (Å²) in [6.45, 7) is 6.05. The molecule has 31 heavy (non-hydrogen) atoms. The first kappa shape index (κ1) is 23.3. The van der Waals surface area contributed by atoms with Crippen LogP contribution in [0.15, 0.2) is 44.7 Å². The van der Waals surface area contributed by atoms with E-state index in [0.717, 1.165) is 17.3 Å². The number of benzene rings is 2. The molecule has 0 unspecified atom stereocenters. The maximum Gasteiger partial charge on any atom is 0.282 e. The van der Waals surface area contributed by atoms with E-state index in [1.165, 1.54) is 4.68 Å². The molecule has 0 N–H and O–H groups in total. The van der Waals surface area contributed by atoms with Gasteiger partial charge >= 0.3 is 0 Å². The van der Waals surface area contributed by atoms with Gasteiger partial charge in [0.2, 0.25) is 0 Å². The summed E-state index contributed by atoms with van der Waals surface area (Å²) in [6.07, 6.45) is 3.81. The number of ether oxygens (including phenoxy) is 2. The fraction of sp³-hybridized carbons (Fsp3) is 0.348. The number of aryl methyl sites for hydroxylation is 1. The third-order valence-corrected chi connectivity index (χ3v) is 5.53. The first-order valence-electron chi connectivity index (χ1n) is 10.2. The molecule has 164 valence electrons. The Labute approximate surface area is 195 Å². The number of hydrogen-bond donors (Lipinski definition) is 0. The lowest BCUT2D eigenvalue weighted by molar-refractivity contribution is 0.207. The highest BCUT2D eigenvalue weighted by Crippen LogP contribution is 2.35. The first-order chi connectivity index (χ1) is 14.9. The Morgan fingerprint density at radius 1 is 1.29 bits per heavy atom. The molecule has 0 aliphatic carbocycles. The van der Waals surface area contributed by atoms with Crippen LogP contribution in [0.5, 0.6) is 11.5 Å². The molecule has 1 heterocycles. The average Bonchev–Trinajstić information content (AvgIpc) is 2.75. The average molecular weight is 507 g/mol. The van der Waals surface area contributed by atoms with Crippen LogP contribution in [0, 0.1) is 0 Å². The molecule has 3 rings (SSSR count). The topological polar surface area (TPSA) is 65.7 Å². The predicted octanol–water partition coefficient (Wildman–Crippen LogP) is 5.83. The van der Waals surface area contributed by atoms with Gasteiger partial charge < -0.3 is 9.47 Å². The summed E-state index contributed by atoms with van der Waals surface area (Å²) in [7, 11) is 1.56. The highest BCUT2D eigenvalue weighted by Gasteiger charge is 2.15. The van der Waals surface area contributed by atoms with E-state index >= 15 is 0 Å². The Balaban J connectivity index is 2.17. The van der Waals surface area contributed by atoms with Gasteiger partial charge in [0.25, 0.3) is 5.56 Å². The number of halogens is 2. The summed E-state index contributed by atoms with van der Waals surface area (Å²) in [4.78, 5) is 17.9. The third kappa shape index (κ3) is 5.28. The summed E-state index contributed by atoms with van der Waals surface area (Å²) in [6, 6.07) is 8.89.